The first-order valence-electron chi connectivity index (χ1n) is 13.4. The van der Waals surface area contributed by atoms with Gasteiger partial charge >= 0.3 is 0 Å². The molecule has 2 aromatic heterocycles. The molecule has 1 N–H and O–H groups in total. The summed E-state index contributed by atoms with van der Waals surface area (Å²) < 4.78 is 15.8. The Hall–Kier alpha value is -3.42. The van der Waals surface area contributed by atoms with Gasteiger partial charge in [0, 0.05) is 42.6 Å². The summed E-state index contributed by atoms with van der Waals surface area (Å²) in [5, 5.41) is 4.84. The van der Waals surface area contributed by atoms with Crippen molar-refractivity contribution >= 4 is 40.3 Å². The number of nitrogens with zero attached hydrogens (tertiary/aromatic N) is 4. The van der Waals surface area contributed by atoms with Gasteiger partial charge in [-0.2, -0.15) is 0 Å². The Morgan fingerprint density at radius 1 is 0.949 bits per heavy atom. The van der Waals surface area contributed by atoms with Gasteiger partial charge in [-0.25, -0.2) is 4.39 Å². The number of aromatic nitrogens is 2. The van der Waals surface area contributed by atoms with Crippen LogP contribution in [-0.4, -0.2) is 27.8 Å². The molecule has 0 aliphatic carbocycles. The van der Waals surface area contributed by atoms with Crippen molar-refractivity contribution in [1.29, 1.82) is 0 Å². The highest BCUT2D eigenvalue weighted by atomic mass is 35.5. The average molecular weight is 560 g/mol. The highest BCUT2D eigenvalue weighted by molar-refractivity contribution is 7.80. The lowest BCUT2D eigenvalue weighted by Crippen LogP contribution is -2.38. The molecule has 2 aliphatic heterocycles. The van der Waals surface area contributed by atoms with Gasteiger partial charge in [-0.3, -0.25) is 4.98 Å². The fraction of sp³-hybridized carbons (Fsp3) is 0.290. The number of pyridine rings is 1. The third-order valence-corrected chi connectivity index (χ3v) is 8.32. The first-order chi connectivity index (χ1) is 18.9. The Morgan fingerprint density at radius 3 is 2.38 bits per heavy atom. The van der Waals surface area contributed by atoms with Crippen molar-refractivity contribution in [3.05, 3.63) is 107 Å². The van der Waals surface area contributed by atoms with Gasteiger partial charge in [-0.15, -0.1) is 0 Å². The largest absolute Gasteiger partial charge is 0.370 e. The summed E-state index contributed by atoms with van der Waals surface area (Å²) in [6.45, 7) is 6.61. The van der Waals surface area contributed by atoms with Gasteiger partial charge in [0.05, 0.1) is 22.4 Å². The topological polar surface area (TPSA) is 36.3 Å². The number of thiocarbonyl (C=S) groups is 1. The van der Waals surface area contributed by atoms with Gasteiger partial charge in [0.25, 0.3) is 0 Å². The van der Waals surface area contributed by atoms with Crippen LogP contribution in [0.25, 0.3) is 5.69 Å². The van der Waals surface area contributed by atoms with Gasteiger partial charge in [-0.05, 0) is 97.2 Å². The molecule has 0 spiro atoms. The van der Waals surface area contributed by atoms with Crippen LogP contribution in [0.1, 0.15) is 43.7 Å². The minimum Gasteiger partial charge on any atom is -0.370 e. The van der Waals surface area contributed by atoms with Gasteiger partial charge in [0.1, 0.15) is 11.9 Å². The second kappa shape index (κ2) is 10.6. The summed E-state index contributed by atoms with van der Waals surface area (Å²) in [5.74, 6) is 0.988. The molecule has 200 valence electrons. The lowest BCUT2D eigenvalue weighted by Gasteiger charge is -2.37. The van der Waals surface area contributed by atoms with E-state index in [4.69, 9.17) is 23.8 Å². The maximum absolute atomic E-state index is 13.7. The number of piperidine rings is 1. The van der Waals surface area contributed by atoms with Crippen LogP contribution in [0.4, 0.5) is 15.8 Å². The maximum Gasteiger partial charge on any atom is 0.174 e. The van der Waals surface area contributed by atoms with E-state index in [2.05, 4.69) is 56.7 Å². The summed E-state index contributed by atoms with van der Waals surface area (Å²) in [4.78, 5) is 9.19. The van der Waals surface area contributed by atoms with Crippen molar-refractivity contribution in [1.82, 2.24) is 14.9 Å². The molecular formula is C31H31ClFN5S. The smallest absolute Gasteiger partial charge is 0.174 e. The fourth-order valence-electron chi connectivity index (χ4n) is 6.17. The van der Waals surface area contributed by atoms with E-state index >= 15 is 0 Å². The zero-order valence-electron chi connectivity index (χ0n) is 22.0. The van der Waals surface area contributed by atoms with Crippen LogP contribution >= 0.6 is 23.8 Å². The SMILES string of the molecule is CC1CC(C)CN(c2ccc(N3C(=S)NC(c4ccccn4)C3c3cccn3-c3ccc(F)cc3)cc2Cl)C1. The van der Waals surface area contributed by atoms with Gasteiger partial charge in [0.15, 0.2) is 5.11 Å². The first-order valence-corrected chi connectivity index (χ1v) is 14.2. The van der Waals surface area contributed by atoms with E-state index in [0.29, 0.717) is 22.0 Å². The highest BCUT2D eigenvalue weighted by Gasteiger charge is 2.42. The zero-order chi connectivity index (χ0) is 27.1. The molecule has 0 saturated carbocycles. The normalized spacial score (nSPS) is 23.2. The zero-order valence-corrected chi connectivity index (χ0v) is 23.5. The van der Waals surface area contributed by atoms with Crippen molar-refractivity contribution in [2.45, 2.75) is 32.4 Å². The van der Waals surface area contributed by atoms with Crippen LogP contribution in [0.2, 0.25) is 5.02 Å². The summed E-state index contributed by atoms with van der Waals surface area (Å²) in [6, 6.07) is 22.3. The molecule has 2 aliphatic rings. The molecule has 4 atom stereocenters. The number of hydrogen-bond acceptors (Lipinski definition) is 3. The highest BCUT2D eigenvalue weighted by Crippen LogP contribution is 2.44. The second-order valence-corrected chi connectivity index (χ2v) is 11.6. The molecule has 4 heterocycles. The Balaban J connectivity index is 1.42. The lowest BCUT2D eigenvalue weighted by molar-refractivity contribution is 0.357. The van der Waals surface area contributed by atoms with E-state index in [-0.39, 0.29) is 17.9 Å². The summed E-state index contributed by atoms with van der Waals surface area (Å²) in [7, 11) is 0. The van der Waals surface area contributed by atoms with E-state index < -0.39 is 0 Å². The summed E-state index contributed by atoms with van der Waals surface area (Å²) in [6.07, 6.45) is 5.03. The Labute approximate surface area is 239 Å². The number of benzene rings is 2. The van der Waals surface area contributed by atoms with Crippen LogP contribution in [-0.2, 0) is 0 Å². The average Bonchev–Trinajstić information content (AvgIpc) is 3.53. The molecule has 8 heteroatoms. The molecule has 2 fully saturated rings. The number of nitrogens with one attached hydrogen (secondary N) is 1. The minimum atomic E-state index is -0.267. The van der Waals surface area contributed by atoms with Crippen LogP contribution in [0.5, 0.6) is 0 Å². The van der Waals surface area contributed by atoms with E-state index in [0.717, 1.165) is 41.5 Å². The second-order valence-electron chi connectivity index (χ2n) is 10.8. The molecule has 39 heavy (non-hydrogen) atoms. The van der Waals surface area contributed by atoms with Crippen molar-refractivity contribution in [2.24, 2.45) is 11.8 Å². The van der Waals surface area contributed by atoms with Gasteiger partial charge < -0.3 is 19.7 Å². The van der Waals surface area contributed by atoms with Crippen LogP contribution in [0.15, 0.2) is 85.2 Å². The Bertz CT molecular complexity index is 1460. The molecule has 4 aromatic rings. The van der Waals surface area contributed by atoms with E-state index in [1.165, 1.54) is 18.6 Å². The summed E-state index contributed by atoms with van der Waals surface area (Å²) in [5.41, 5.74) is 4.73. The number of anilines is 2. The molecule has 4 unspecified atom stereocenters. The molecular weight excluding hydrogens is 529 g/mol. The van der Waals surface area contributed by atoms with E-state index in [9.17, 15) is 4.39 Å². The number of rotatable bonds is 5. The third kappa shape index (κ3) is 5.01. The lowest BCUT2D eigenvalue weighted by atomic mass is 9.91. The quantitative estimate of drug-likeness (QED) is 0.259. The maximum atomic E-state index is 13.7. The third-order valence-electron chi connectivity index (χ3n) is 7.71. The van der Waals surface area contributed by atoms with Crippen LogP contribution in [0, 0.1) is 17.7 Å². The molecule has 0 bridgehead atoms. The van der Waals surface area contributed by atoms with Crippen molar-refractivity contribution in [2.75, 3.05) is 22.9 Å². The minimum absolute atomic E-state index is 0.199. The first kappa shape index (κ1) is 25.8. The predicted octanol–water partition coefficient (Wildman–Crippen LogP) is 7.32. The van der Waals surface area contributed by atoms with Crippen LogP contribution < -0.4 is 15.1 Å². The molecule has 6 rings (SSSR count). The molecule has 0 radical (unpaired) electrons. The van der Waals surface area contributed by atoms with Crippen LogP contribution in [0.3, 0.4) is 0 Å². The molecule has 0 amide bonds. The Morgan fingerprint density at radius 2 is 1.69 bits per heavy atom. The predicted molar refractivity (Wildman–Crippen MR) is 160 cm³/mol. The summed E-state index contributed by atoms with van der Waals surface area (Å²) >= 11 is 12.9. The Kier molecular flexibility index (Phi) is 7.04. The van der Waals surface area contributed by atoms with E-state index in [1.807, 2.05) is 36.5 Å². The van der Waals surface area contributed by atoms with Crippen molar-refractivity contribution < 1.29 is 4.39 Å². The van der Waals surface area contributed by atoms with Gasteiger partial charge in [-0.1, -0.05) is 31.5 Å². The molecule has 5 nitrogen and oxygen atoms in total. The van der Waals surface area contributed by atoms with Gasteiger partial charge in [0.2, 0.25) is 0 Å². The molecule has 2 saturated heterocycles. The monoisotopic (exact) mass is 559 g/mol. The van der Waals surface area contributed by atoms with Crippen molar-refractivity contribution in [3.63, 3.8) is 0 Å². The standard InChI is InChI=1S/C31H31ClFN5S/c1-20-16-21(2)19-36(18-20)27-13-12-24(17-25(27)32)38-30(29(35-31(38)39)26-6-3-4-14-34-26)28-7-5-15-37(28)23-10-8-22(33)9-11-23/h3-15,17,20-21,29-30H,16,18-19H2,1-2H3,(H,35,39). The van der Waals surface area contributed by atoms with E-state index in [1.54, 1.807) is 18.3 Å². The number of hydrogen-bond donors (Lipinski definition) is 1. The van der Waals surface area contributed by atoms with Crippen molar-refractivity contribution in [3.8, 4) is 5.69 Å². The molecule has 2 aromatic carbocycles. The number of halogens is 2. The fourth-order valence-corrected chi connectivity index (χ4v) is 6.81.